The van der Waals surface area contributed by atoms with Crippen molar-refractivity contribution in [3.8, 4) is 0 Å². The second-order valence-corrected chi connectivity index (χ2v) is 6.27. The van der Waals surface area contributed by atoms with E-state index in [1.54, 1.807) is 0 Å². The van der Waals surface area contributed by atoms with Gasteiger partial charge in [-0.15, -0.1) is 0 Å². The van der Waals surface area contributed by atoms with Gasteiger partial charge in [0.1, 0.15) is 0 Å². The fourth-order valence-electron chi connectivity index (χ4n) is 3.19. The summed E-state index contributed by atoms with van der Waals surface area (Å²) in [6.07, 6.45) is 11.6. The van der Waals surface area contributed by atoms with Crippen molar-refractivity contribution in [2.45, 2.75) is 76.9 Å². The van der Waals surface area contributed by atoms with Gasteiger partial charge in [-0.05, 0) is 45.6 Å². The third-order valence-electron chi connectivity index (χ3n) is 4.91. The minimum Gasteiger partial charge on any atom is -0.377 e. The molecule has 1 heterocycles. The Bertz CT molecular complexity index is 223. The molecule has 0 bridgehead atoms. The molecule has 2 aliphatic rings. The first kappa shape index (κ1) is 13.4. The van der Waals surface area contributed by atoms with E-state index in [4.69, 9.17) is 4.74 Å². The Morgan fingerprint density at radius 2 is 1.76 bits per heavy atom. The van der Waals surface area contributed by atoms with Gasteiger partial charge in [0.2, 0.25) is 0 Å². The van der Waals surface area contributed by atoms with Gasteiger partial charge in [-0.1, -0.05) is 32.1 Å². The van der Waals surface area contributed by atoms with Crippen molar-refractivity contribution in [3.63, 3.8) is 0 Å². The number of hydrogen-bond donors (Lipinski definition) is 1. The standard InChI is InChI=1S/C15H29NO/c1-13-15(2,10-11-17-13)16-12-14-8-6-4-3-5-7-9-14/h13-14,16H,3-12H2,1-2H3. The zero-order chi connectivity index (χ0) is 12.1. The van der Waals surface area contributed by atoms with Crippen LogP contribution in [0.25, 0.3) is 0 Å². The molecule has 17 heavy (non-hydrogen) atoms. The van der Waals surface area contributed by atoms with Crippen LogP contribution in [-0.4, -0.2) is 24.8 Å². The van der Waals surface area contributed by atoms with Crippen LogP contribution in [-0.2, 0) is 4.74 Å². The Morgan fingerprint density at radius 3 is 2.35 bits per heavy atom. The minimum atomic E-state index is 0.225. The highest BCUT2D eigenvalue weighted by atomic mass is 16.5. The van der Waals surface area contributed by atoms with Gasteiger partial charge < -0.3 is 10.1 Å². The zero-order valence-corrected chi connectivity index (χ0v) is 11.6. The van der Waals surface area contributed by atoms with Crippen molar-refractivity contribution in [1.29, 1.82) is 0 Å². The highest BCUT2D eigenvalue weighted by Gasteiger charge is 2.36. The van der Waals surface area contributed by atoms with Crippen LogP contribution < -0.4 is 5.32 Å². The van der Waals surface area contributed by atoms with Crippen molar-refractivity contribution < 1.29 is 4.74 Å². The molecule has 0 radical (unpaired) electrons. The summed E-state index contributed by atoms with van der Waals surface area (Å²) in [6.45, 7) is 6.66. The summed E-state index contributed by atoms with van der Waals surface area (Å²) in [5.74, 6) is 0.903. The summed E-state index contributed by atoms with van der Waals surface area (Å²) in [7, 11) is 0. The van der Waals surface area contributed by atoms with E-state index in [1.807, 2.05) is 0 Å². The number of rotatable bonds is 3. The molecule has 2 rings (SSSR count). The fourth-order valence-corrected chi connectivity index (χ4v) is 3.19. The van der Waals surface area contributed by atoms with Gasteiger partial charge in [0.25, 0.3) is 0 Å². The molecule has 2 nitrogen and oxygen atoms in total. The first-order valence-electron chi connectivity index (χ1n) is 7.57. The Morgan fingerprint density at radius 1 is 1.12 bits per heavy atom. The van der Waals surface area contributed by atoms with Crippen molar-refractivity contribution >= 4 is 0 Å². The van der Waals surface area contributed by atoms with Gasteiger partial charge in [-0.3, -0.25) is 0 Å². The smallest absolute Gasteiger partial charge is 0.0726 e. The largest absolute Gasteiger partial charge is 0.377 e. The molecule has 0 aromatic heterocycles. The lowest BCUT2D eigenvalue weighted by Crippen LogP contribution is -2.49. The molecule has 2 unspecified atom stereocenters. The van der Waals surface area contributed by atoms with Crippen LogP contribution in [0.1, 0.15) is 65.2 Å². The van der Waals surface area contributed by atoms with Crippen LogP contribution in [0.5, 0.6) is 0 Å². The molecule has 0 spiro atoms. The molecule has 1 aliphatic heterocycles. The average Bonchev–Trinajstić information content (AvgIpc) is 2.58. The van der Waals surface area contributed by atoms with E-state index in [0.29, 0.717) is 6.10 Å². The molecular weight excluding hydrogens is 210 g/mol. The quantitative estimate of drug-likeness (QED) is 0.814. The van der Waals surface area contributed by atoms with Crippen LogP contribution in [0.3, 0.4) is 0 Å². The Kier molecular flexibility index (Phi) is 4.87. The summed E-state index contributed by atoms with van der Waals surface area (Å²) < 4.78 is 5.69. The third-order valence-corrected chi connectivity index (χ3v) is 4.91. The van der Waals surface area contributed by atoms with Crippen LogP contribution in [0.2, 0.25) is 0 Å². The molecule has 1 aliphatic carbocycles. The van der Waals surface area contributed by atoms with E-state index in [-0.39, 0.29) is 5.54 Å². The molecular formula is C15H29NO. The van der Waals surface area contributed by atoms with Gasteiger partial charge in [0.05, 0.1) is 6.10 Å². The van der Waals surface area contributed by atoms with Crippen LogP contribution in [0, 0.1) is 5.92 Å². The first-order chi connectivity index (χ1) is 8.21. The molecule has 0 aromatic rings. The SMILES string of the molecule is CC1OCCC1(C)NCC1CCCCCCC1. The molecule has 100 valence electrons. The lowest BCUT2D eigenvalue weighted by atomic mass is 9.89. The second kappa shape index (κ2) is 6.19. The number of hydrogen-bond acceptors (Lipinski definition) is 2. The highest BCUT2D eigenvalue weighted by Crippen LogP contribution is 2.27. The molecule has 1 N–H and O–H groups in total. The van der Waals surface area contributed by atoms with E-state index >= 15 is 0 Å². The van der Waals surface area contributed by atoms with Crippen LogP contribution in [0.4, 0.5) is 0 Å². The minimum absolute atomic E-state index is 0.225. The normalized spacial score (nSPS) is 36.7. The third kappa shape index (κ3) is 3.69. The fraction of sp³-hybridized carbons (Fsp3) is 1.00. The predicted molar refractivity (Wildman–Crippen MR) is 72.2 cm³/mol. The van der Waals surface area contributed by atoms with E-state index in [2.05, 4.69) is 19.2 Å². The van der Waals surface area contributed by atoms with E-state index < -0.39 is 0 Å². The Balaban J connectivity index is 1.76. The molecule has 0 amide bonds. The Hall–Kier alpha value is -0.0800. The summed E-state index contributed by atoms with van der Waals surface area (Å²) in [5.41, 5.74) is 0.225. The lowest BCUT2D eigenvalue weighted by Gasteiger charge is -2.32. The second-order valence-electron chi connectivity index (χ2n) is 6.27. The van der Waals surface area contributed by atoms with Crippen LogP contribution >= 0.6 is 0 Å². The maximum Gasteiger partial charge on any atom is 0.0726 e. The van der Waals surface area contributed by atoms with Crippen LogP contribution in [0.15, 0.2) is 0 Å². The van der Waals surface area contributed by atoms with Crippen molar-refractivity contribution in [2.75, 3.05) is 13.2 Å². The molecule has 1 saturated carbocycles. The van der Waals surface area contributed by atoms with Crippen molar-refractivity contribution in [2.24, 2.45) is 5.92 Å². The summed E-state index contributed by atoms with van der Waals surface area (Å²) in [5, 5.41) is 3.80. The molecule has 1 saturated heterocycles. The van der Waals surface area contributed by atoms with Gasteiger partial charge in [-0.2, -0.15) is 0 Å². The van der Waals surface area contributed by atoms with E-state index in [1.165, 1.54) is 57.9 Å². The predicted octanol–water partition coefficient (Wildman–Crippen LogP) is 3.50. The van der Waals surface area contributed by atoms with Crippen molar-refractivity contribution in [3.05, 3.63) is 0 Å². The van der Waals surface area contributed by atoms with Crippen molar-refractivity contribution in [1.82, 2.24) is 5.32 Å². The van der Waals surface area contributed by atoms with Gasteiger partial charge in [-0.25, -0.2) is 0 Å². The molecule has 0 aromatic carbocycles. The average molecular weight is 239 g/mol. The summed E-state index contributed by atoms with van der Waals surface area (Å²) in [6, 6.07) is 0. The number of ether oxygens (including phenoxy) is 1. The highest BCUT2D eigenvalue weighted by molar-refractivity contribution is 4.93. The summed E-state index contributed by atoms with van der Waals surface area (Å²) >= 11 is 0. The topological polar surface area (TPSA) is 21.3 Å². The summed E-state index contributed by atoms with van der Waals surface area (Å²) in [4.78, 5) is 0. The van der Waals surface area contributed by atoms with Gasteiger partial charge >= 0.3 is 0 Å². The van der Waals surface area contributed by atoms with E-state index in [0.717, 1.165) is 12.5 Å². The maximum atomic E-state index is 5.69. The van der Waals surface area contributed by atoms with E-state index in [9.17, 15) is 0 Å². The monoisotopic (exact) mass is 239 g/mol. The van der Waals surface area contributed by atoms with Gasteiger partial charge in [0.15, 0.2) is 0 Å². The molecule has 2 atom stereocenters. The Labute approximate surface area is 107 Å². The molecule has 2 fully saturated rings. The first-order valence-corrected chi connectivity index (χ1v) is 7.57. The van der Waals surface area contributed by atoms with Gasteiger partial charge in [0, 0.05) is 12.1 Å². The number of nitrogens with one attached hydrogen (secondary N) is 1. The lowest BCUT2D eigenvalue weighted by molar-refractivity contribution is 0.0865. The maximum absolute atomic E-state index is 5.69. The molecule has 2 heteroatoms. The zero-order valence-electron chi connectivity index (χ0n) is 11.6.